The molecule has 0 aromatic heterocycles. The van der Waals surface area contributed by atoms with Crippen LogP contribution in [0.15, 0.2) is 84.9 Å². The molecule has 0 aliphatic rings. The fraction of sp³-hybridized carbons (Fsp3) is 0.200. The number of hydrogen-bond acceptors (Lipinski definition) is 3. The third-order valence-corrected chi connectivity index (χ3v) is 5.28. The predicted molar refractivity (Wildman–Crippen MR) is 113 cm³/mol. The van der Waals surface area contributed by atoms with E-state index in [1.165, 1.54) is 19.2 Å². The molecule has 0 spiro atoms. The van der Waals surface area contributed by atoms with E-state index >= 15 is 0 Å². The average molecular weight is 405 g/mol. The van der Waals surface area contributed by atoms with Crippen molar-refractivity contribution in [3.05, 3.63) is 107 Å². The highest BCUT2D eigenvalue weighted by Gasteiger charge is 2.39. The van der Waals surface area contributed by atoms with Crippen molar-refractivity contribution >= 4 is 11.9 Å². The summed E-state index contributed by atoms with van der Waals surface area (Å²) in [6, 6.07) is 23.8. The van der Waals surface area contributed by atoms with Gasteiger partial charge < -0.3 is 10.1 Å². The van der Waals surface area contributed by atoms with E-state index in [-0.39, 0.29) is 12.3 Å². The van der Waals surface area contributed by atoms with E-state index < -0.39 is 23.2 Å². The van der Waals surface area contributed by atoms with Crippen LogP contribution in [0.1, 0.15) is 23.6 Å². The summed E-state index contributed by atoms with van der Waals surface area (Å²) in [5.74, 6) is -1.33. The number of methoxy groups -OCH3 is 1. The van der Waals surface area contributed by atoms with Gasteiger partial charge in [-0.25, -0.2) is 9.18 Å². The first kappa shape index (κ1) is 21.2. The van der Waals surface area contributed by atoms with Crippen LogP contribution in [0, 0.1) is 5.82 Å². The lowest BCUT2D eigenvalue weighted by Gasteiger charge is -2.31. The Balaban J connectivity index is 1.95. The number of hydrogen-bond donors (Lipinski definition) is 1. The highest BCUT2D eigenvalue weighted by Crippen LogP contribution is 2.32. The van der Waals surface area contributed by atoms with Crippen LogP contribution in [-0.4, -0.2) is 25.0 Å². The normalized spacial score (nSPS) is 12.1. The fourth-order valence-electron chi connectivity index (χ4n) is 3.51. The van der Waals surface area contributed by atoms with Gasteiger partial charge in [-0.3, -0.25) is 4.79 Å². The first-order valence-corrected chi connectivity index (χ1v) is 9.69. The van der Waals surface area contributed by atoms with Crippen LogP contribution in [-0.2, 0) is 26.2 Å². The first-order valence-electron chi connectivity index (χ1n) is 9.69. The van der Waals surface area contributed by atoms with Gasteiger partial charge in [0.15, 0.2) is 0 Å². The van der Waals surface area contributed by atoms with Crippen molar-refractivity contribution in [1.29, 1.82) is 0 Å². The van der Waals surface area contributed by atoms with Gasteiger partial charge in [-0.2, -0.15) is 0 Å². The van der Waals surface area contributed by atoms with Gasteiger partial charge in [0.05, 0.1) is 12.5 Å². The molecular weight excluding hydrogens is 381 g/mol. The Hall–Kier alpha value is -3.47. The summed E-state index contributed by atoms with van der Waals surface area (Å²) >= 11 is 0. The van der Waals surface area contributed by atoms with Gasteiger partial charge >= 0.3 is 5.97 Å². The van der Waals surface area contributed by atoms with Gasteiger partial charge in [-0.1, -0.05) is 72.8 Å². The lowest BCUT2D eigenvalue weighted by atomic mass is 9.75. The summed E-state index contributed by atoms with van der Waals surface area (Å²) in [5, 5.41) is 2.84. The van der Waals surface area contributed by atoms with E-state index in [0.717, 1.165) is 11.1 Å². The molecule has 0 bridgehead atoms. The van der Waals surface area contributed by atoms with Crippen LogP contribution in [0.5, 0.6) is 0 Å². The summed E-state index contributed by atoms with van der Waals surface area (Å²) in [5.41, 5.74) is 1.15. The molecule has 1 atom stereocenters. The molecule has 0 saturated carbocycles. The van der Waals surface area contributed by atoms with E-state index in [2.05, 4.69) is 5.32 Å². The molecule has 0 radical (unpaired) electrons. The summed E-state index contributed by atoms with van der Waals surface area (Å²) in [6.45, 7) is 1.82. The van der Waals surface area contributed by atoms with E-state index in [1.807, 2.05) is 67.6 Å². The average Bonchev–Trinajstić information content (AvgIpc) is 2.78. The first-order chi connectivity index (χ1) is 14.4. The molecule has 5 heteroatoms. The highest BCUT2D eigenvalue weighted by molar-refractivity contribution is 5.94. The second kappa shape index (κ2) is 9.35. The molecule has 0 saturated heterocycles. The molecule has 0 fully saturated rings. The minimum Gasteiger partial charge on any atom is -0.467 e. The molecular formula is C25H24FNO3. The van der Waals surface area contributed by atoms with Crippen LogP contribution in [0.2, 0.25) is 0 Å². The quantitative estimate of drug-likeness (QED) is 0.604. The van der Waals surface area contributed by atoms with Crippen molar-refractivity contribution < 1.29 is 18.7 Å². The third-order valence-electron chi connectivity index (χ3n) is 5.28. The summed E-state index contributed by atoms with van der Waals surface area (Å²) in [4.78, 5) is 26.0. The summed E-state index contributed by atoms with van der Waals surface area (Å²) in [6.07, 6.45) is 0.121. The largest absolute Gasteiger partial charge is 0.467 e. The SMILES string of the molecule is COC(=O)[C@@H](Cc1cccc(F)c1)NC(=O)C(C)(c1ccccc1)c1ccccc1. The molecule has 0 heterocycles. The molecule has 30 heavy (non-hydrogen) atoms. The Labute approximate surface area is 175 Å². The standard InChI is InChI=1S/C25H24FNO3/c1-25(19-11-5-3-6-12-19,20-13-7-4-8-14-20)24(29)27-22(23(28)30-2)17-18-10-9-15-21(26)16-18/h3-16,22H,17H2,1-2H3,(H,27,29)/t22-/m1/s1. The molecule has 1 amide bonds. The summed E-state index contributed by atoms with van der Waals surface area (Å²) in [7, 11) is 1.26. The number of carbonyl (C=O) groups is 2. The molecule has 0 unspecified atom stereocenters. The number of amides is 1. The summed E-state index contributed by atoms with van der Waals surface area (Å²) < 4.78 is 18.5. The van der Waals surface area contributed by atoms with Crippen LogP contribution >= 0.6 is 0 Å². The van der Waals surface area contributed by atoms with Gasteiger partial charge in [0.2, 0.25) is 5.91 Å². The third kappa shape index (κ3) is 4.57. The minimum absolute atomic E-state index is 0.121. The molecule has 0 aliphatic heterocycles. The Morgan fingerprint density at radius 1 is 0.933 bits per heavy atom. The van der Waals surface area contributed by atoms with Crippen molar-refractivity contribution in [3.8, 4) is 0 Å². The van der Waals surface area contributed by atoms with Crippen molar-refractivity contribution in [2.24, 2.45) is 0 Å². The number of ether oxygens (including phenoxy) is 1. The number of rotatable bonds is 7. The molecule has 1 N–H and O–H groups in total. The maximum absolute atomic E-state index is 13.6. The molecule has 154 valence electrons. The maximum atomic E-state index is 13.6. The van der Waals surface area contributed by atoms with Crippen molar-refractivity contribution in [2.75, 3.05) is 7.11 Å². The Kier molecular flexibility index (Phi) is 6.62. The van der Waals surface area contributed by atoms with Gasteiger partial charge in [0.25, 0.3) is 0 Å². The maximum Gasteiger partial charge on any atom is 0.328 e. The zero-order valence-corrected chi connectivity index (χ0v) is 17.0. The fourth-order valence-corrected chi connectivity index (χ4v) is 3.51. The number of esters is 1. The topological polar surface area (TPSA) is 55.4 Å². The molecule has 0 aliphatic carbocycles. The van der Waals surface area contributed by atoms with Crippen molar-refractivity contribution in [1.82, 2.24) is 5.32 Å². The molecule has 3 aromatic rings. The van der Waals surface area contributed by atoms with Crippen LogP contribution in [0.25, 0.3) is 0 Å². The van der Waals surface area contributed by atoms with Gasteiger partial charge in [0, 0.05) is 6.42 Å². The van der Waals surface area contributed by atoms with Crippen LogP contribution in [0.4, 0.5) is 4.39 Å². The molecule has 3 rings (SSSR count). The van der Waals surface area contributed by atoms with Gasteiger partial charge in [-0.05, 0) is 35.7 Å². The zero-order chi connectivity index (χ0) is 21.6. The Bertz CT molecular complexity index is 966. The number of halogens is 1. The zero-order valence-electron chi connectivity index (χ0n) is 17.0. The molecule has 4 nitrogen and oxygen atoms in total. The predicted octanol–water partition coefficient (Wildman–Crippen LogP) is 4.03. The lowest BCUT2D eigenvalue weighted by Crippen LogP contribution is -2.51. The Morgan fingerprint density at radius 3 is 2.00 bits per heavy atom. The van der Waals surface area contributed by atoms with E-state index in [1.54, 1.807) is 12.1 Å². The number of carbonyl (C=O) groups excluding carboxylic acids is 2. The second-order valence-electron chi connectivity index (χ2n) is 7.24. The number of benzene rings is 3. The lowest BCUT2D eigenvalue weighted by molar-refractivity contribution is -0.145. The molecule has 3 aromatic carbocycles. The smallest absolute Gasteiger partial charge is 0.328 e. The van der Waals surface area contributed by atoms with Crippen LogP contribution < -0.4 is 5.32 Å². The van der Waals surface area contributed by atoms with Crippen LogP contribution in [0.3, 0.4) is 0 Å². The van der Waals surface area contributed by atoms with Gasteiger partial charge in [-0.15, -0.1) is 0 Å². The van der Waals surface area contributed by atoms with Crippen molar-refractivity contribution in [2.45, 2.75) is 24.8 Å². The Morgan fingerprint density at radius 2 is 1.50 bits per heavy atom. The van der Waals surface area contributed by atoms with E-state index in [9.17, 15) is 14.0 Å². The minimum atomic E-state index is -1.03. The van der Waals surface area contributed by atoms with E-state index in [4.69, 9.17) is 4.74 Å². The second-order valence-corrected chi connectivity index (χ2v) is 7.24. The van der Waals surface area contributed by atoms with Gasteiger partial charge in [0.1, 0.15) is 11.9 Å². The monoisotopic (exact) mass is 405 g/mol. The highest BCUT2D eigenvalue weighted by atomic mass is 19.1. The van der Waals surface area contributed by atoms with Crippen molar-refractivity contribution in [3.63, 3.8) is 0 Å². The number of nitrogens with one attached hydrogen (secondary N) is 1. The van der Waals surface area contributed by atoms with E-state index in [0.29, 0.717) is 5.56 Å².